The number of benzene rings is 1. The molecule has 6 nitrogen and oxygen atoms in total. The quantitative estimate of drug-likeness (QED) is 0.754. The van der Waals surface area contributed by atoms with Crippen LogP contribution >= 0.6 is 22.9 Å². The lowest BCUT2D eigenvalue weighted by molar-refractivity contribution is 0.101. The number of H-pyrrole nitrogens is 1. The molecular formula is C10H6ClN5OS. The minimum Gasteiger partial charge on any atom is -0.316 e. The summed E-state index contributed by atoms with van der Waals surface area (Å²) >= 11 is 7.55. The maximum absolute atomic E-state index is 11.9. The number of carbonyl (C=O) groups is 1. The molecule has 0 bridgehead atoms. The molecule has 2 N–H and O–H groups in total. The highest BCUT2D eigenvalue weighted by Crippen LogP contribution is 2.32. The van der Waals surface area contributed by atoms with Crippen molar-refractivity contribution < 1.29 is 4.79 Å². The molecule has 3 rings (SSSR count). The van der Waals surface area contributed by atoms with E-state index in [4.69, 9.17) is 11.6 Å². The van der Waals surface area contributed by atoms with Gasteiger partial charge in [0.15, 0.2) is 0 Å². The van der Waals surface area contributed by atoms with Crippen molar-refractivity contribution in [2.24, 2.45) is 0 Å². The van der Waals surface area contributed by atoms with Crippen LogP contribution in [0.5, 0.6) is 0 Å². The first-order valence-corrected chi connectivity index (χ1v) is 6.20. The number of amides is 1. The van der Waals surface area contributed by atoms with E-state index in [9.17, 15) is 4.79 Å². The van der Waals surface area contributed by atoms with Crippen LogP contribution in [-0.2, 0) is 0 Å². The van der Waals surface area contributed by atoms with Crippen LogP contribution < -0.4 is 5.32 Å². The Hall–Kier alpha value is -1.99. The molecule has 0 radical (unpaired) electrons. The molecule has 0 saturated heterocycles. The van der Waals surface area contributed by atoms with Crippen LogP contribution in [0.1, 0.15) is 10.6 Å². The Bertz CT molecular complexity index is 708. The van der Waals surface area contributed by atoms with Crippen LogP contribution in [0.2, 0.25) is 5.02 Å². The highest BCUT2D eigenvalue weighted by Gasteiger charge is 2.14. The molecule has 2 aromatic heterocycles. The van der Waals surface area contributed by atoms with Crippen molar-refractivity contribution in [1.29, 1.82) is 0 Å². The lowest BCUT2D eigenvalue weighted by atomic mass is 10.3. The number of nitrogens with one attached hydrogen (secondary N) is 2. The standard InChI is InChI=1S/C10H6ClN5OS/c11-5-1-2-6-8(13-4-18-6)7(5)15-10(17)9-12-3-14-16-9/h1-4H,(H,15,17)(H,12,14,16). The van der Waals surface area contributed by atoms with E-state index in [2.05, 4.69) is 25.5 Å². The van der Waals surface area contributed by atoms with Crippen LogP contribution in [0, 0.1) is 0 Å². The molecule has 1 aromatic carbocycles. The first-order valence-electron chi connectivity index (χ1n) is 4.94. The summed E-state index contributed by atoms with van der Waals surface area (Å²) in [7, 11) is 0. The first-order chi connectivity index (χ1) is 8.75. The van der Waals surface area contributed by atoms with Crippen molar-refractivity contribution in [2.75, 3.05) is 5.32 Å². The van der Waals surface area contributed by atoms with Gasteiger partial charge in [-0.25, -0.2) is 9.97 Å². The van der Waals surface area contributed by atoms with E-state index in [1.54, 1.807) is 11.6 Å². The third kappa shape index (κ3) is 1.83. The second kappa shape index (κ2) is 4.35. The normalized spacial score (nSPS) is 10.7. The summed E-state index contributed by atoms with van der Waals surface area (Å²) in [5, 5.41) is 9.21. The van der Waals surface area contributed by atoms with E-state index in [-0.39, 0.29) is 5.82 Å². The number of thiazole rings is 1. The van der Waals surface area contributed by atoms with Crippen LogP contribution in [0.4, 0.5) is 5.69 Å². The van der Waals surface area contributed by atoms with E-state index in [1.807, 2.05) is 6.07 Å². The number of hydrogen-bond acceptors (Lipinski definition) is 5. The molecule has 0 aliphatic heterocycles. The smallest absolute Gasteiger partial charge is 0.293 e. The van der Waals surface area contributed by atoms with Crippen molar-refractivity contribution in [3.8, 4) is 0 Å². The fourth-order valence-electron chi connectivity index (χ4n) is 1.51. The minimum absolute atomic E-state index is 0.123. The van der Waals surface area contributed by atoms with Gasteiger partial charge in [-0.2, -0.15) is 5.10 Å². The average Bonchev–Trinajstić information content (AvgIpc) is 3.02. The summed E-state index contributed by atoms with van der Waals surface area (Å²) in [5.74, 6) is -0.284. The summed E-state index contributed by atoms with van der Waals surface area (Å²) in [6, 6.07) is 3.58. The van der Waals surface area contributed by atoms with E-state index in [0.717, 1.165) is 4.70 Å². The molecule has 0 spiro atoms. The van der Waals surface area contributed by atoms with Crippen LogP contribution in [0.15, 0.2) is 24.0 Å². The highest BCUT2D eigenvalue weighted by molar-refractivity contribution is 7.16. The van der Waals surface area contributed by atoms with Gasteiger partial charge in [0.25, 0.3) is 5.91 Å². The molecule has 8 heteroatoms. The predicted molar refractivity (Wildman–Crippen MR) is 69.0 cm³/mol. The molecule has 18 heavy (non-hydrogen) atoms. The summed E-state index contributed by atoms with van der Waals surface area (Å²) < 4.78 is 0.951. The third-order valence-electron chi connectivity index (χ3n) is 2.32. The molecule has 0 aliphatic rings. The number of anilines is 1. The Labute approximate surface area is 110 Å². The van der Waals surface area contributed by atoms with Gasteiger partial charge in [-0.15, -0.1) is 11.3 Å². The van der Waals surface area contributed by atoms with Gasteiger partial charge < -0.3 is 5.32 Å². The average molecular weight is 280 g/mol. The molecule has 0 unspecified atom stereocenters. The fourth-order valence-corrected chi connectivity index (χ4v) is 2.40. The van der Waals surface area contributed by atoms with Gasteiger partial charge in [0.1, 0.15) is 11.8 Å². The molecule has 0 fully saturated rings. The van der Waals surface area contributed by atoms with E-state index < -0.39 is 5.91 Å². The Morgan fingerprint density at radius 1 is 1.39 bits per heavy atom. The van der Waals surface area contributed by atoms with Gasteiger partial charge in [-0.1, -0.05) is 11.6 Å². The number of nitrogens with zero attached hydrogens (tertiary/aromatic N) is 3. The Kier molecular flexibility index (Phi) is 2.69. The zero-order valence-electron chi connectivity index (χ0n) is 8.85. The van der Waals surface area contributed by atoms with E-state index >= 15 is 0 Å². The summed E-state index contributed by atoms with van der Waals surface area (Å²) in [4.78, 5) is 19.8. The molecule has 1 amide bonds. The second-order valence-corrected chi connectivity index (χ2v) is 4.70. The van der Waals surface area contributed by atoms with Crippen LogP contribution in [-0.4, -0.2) is 26.1 Å². The van der Waals surface area contributed by atoms with Gasteiger partial charge in [0.05, 0.1) is 20.9 Å². The third-order valence-corrected chi connectivity index (χ3v) is 3.43. The number of fused-ring (bicyclic) bond motifs is 1. The lowest BCUT2D eigenvalue weighted by Gasteiger charge is -2.06. The van der Waals surface area contributed by atoms with Crippen molar-refractivity contribution >= 4 is 44.7 Å². The first kappa shape index (κ1) is 11.1. The molecule has 90 valence electrons. The Morgan fingerprint density at radius 3 is 3.06 bits per heavy atom. The lowest BCUT2D eigenvalue weighted by Crippen LogP contribution is -2.14. The summed E-state index contributed by atoms with van der Waals surface area (Å²) in [6.45, 7) is 0. The number of halogens is 1. The monoisotopic (exact) mass is 279 g/mol. The zero-order valence-corrected chi connectivity index (χ0v) is 10.4. The van der Waals surface area contributed by atoms with Crippen molar-refractivity contribution in [2.45, 2.75) is 0 Å². The van der Waals surface area contributed by atoms with E-state index in [1.165, 1.54) is 17.7 Å². The highest BCUT2D eigenvalue weighted by atomic mass is 35.5. The van der Waals surface area contributed by atoms with Crippen LogP contribution in [0.25, 0.3) is 10.2 Å². The van der Waals surface area contributed by atoms with Gasteiger partial charge in [0.2, 0.25) is 5.82 Å². The van der Waals surface area contributed by atoms with Crippen LogP contribution in [0.3, 0.4) is 0 Å². The maximum Gasteiger partial charge on any atom is 0.293 e. The molecule has 0 atom stereocenters. The van der Waals surface area contributed by atoms with Crippen molar-refractivity contribution in [3.05, 3.63) is 34.8 Å². The number of hydrogen-bond donors (Lipinski definition) is 2. The fraction of sp³-hybridized carbons (Fsp3) is 0. The number of carbonyl (C=O) groups excluding carboxylic acids is 1. The largest absolute Gasteiger partial charge is 0.316 e. The minimum atomic E-state index is -0.407. The van der Waals surface area contributed by atoms with E-state index in [0.29, 0.717) is 16.2 Å². The summed E-state index contributed by atoms with van der Waals surface area (Å²) in [5.41, 5.74) is 2.85. The molecule has 0 saturated carbocycles. The predicted octanol–water partition coefficient (Wildman–Crippen LogP) is 2.32. The van der Waals surface area contributed by atoms with Gasteiger partial charge in [0, 0.05) is 0 Å². The van der Waals surface area contributed by atoms with Gasteiger partial charge in [-0.3, -0.25) is 9.89 Å². The molecule has 0 aliphatic carbocycles. The number of aromatic nitrogens is 4. The molecule has 3 aromatic rings. The maximum atomic E-state index is 11.9. The Morgan fingerprint density at radius 2 is 2.28 bits per heavy atom. The number of aromatic amines is 1. The Balaban J connectivity index is 2.02. The molecular weight excluding hydrogens is 274 g/mol. The summed E-state index contributed by atoms with van der Waals surface area (Å²) in [6.07, 6.45) is 1.26. The SMILES string of the molecule is O=C(Nc1c(Cl)ccc2scnc12)c1ncn[nH]1. The van der Waals surface area contributed by atoms with Crippen molar-refractivity contribution in [1.82, 2.24) is 20.2 Å². The topological polar surface area (TPSA) is 83.6 Å². The van der Waals surface area contributed by atoms with Gasteiger partial charge >= 0.3 is 0 Å². The zero-order chi connectivity index (χ0) is 12.5. The van der Waals surface area contributed by atoms with Crippen molar-refractivity contribution in [3.63, 3.8) is 0 Å². The van der Waals surface area contributed by atoms with Gasteiger partial charge in [-0.05, 0) is 12.1 Å². The molecule has 2 heterocycles. The number of rotatable bonds is 2. The second-order valence-electron chi connectivity index (χ2n) is 3.41.